The molecular weight excluding hydrogens is 198 g/mol. The van der Waals surface area contributed by atoms with Crippen LogP contribution >= 0.6 is 16.3 Å². The van der Waals surface area contributed by atoms with Crippen LogP contribution in [0, 0.1) is 0 Å². The Morgan fingerprint density at radius 3 is 3.10 bits per heavy atom. The molecule has 0 atom stereocenters. The van der Waals surface area contributed by atoms with Crippen molar-refractivity contribution < 1.29 is 12.7 Å². The van der Waals surface area contributed by atoms with Crippen LogP contribution in [0.15, 0.2) is 18.3 Å². The van der Waals surface area contributed by atoms with E-state index in [1.165, 1.54) is 18.3 Å². The summed E-state index contributed by atoms with van der Waals surface area (Å²) in [5, 5.41) is 0. The van der Waals surface area contributed by atoms with Gasteiger partial charge >= 0.3 is 0 Å². The number of methoxy groups -OCH3 is 1. The first-order chi connectivity index (χ1) is 6.01. The third-order valence-electron chi connectivity index (χ3n) is 0.906. The minimum atomic E-state index is -2.45. The Morgan fingerprint density at radius 1 is 1.70 bits per heavy atom. The minimum absolute atomic E-state index is 0.174. The predicted molar refractivity (Wildman–Crippen MR) is 40.3 cm³/mol. The molecule has 3 nitrogen and oxygen atoms in total. The van der Waals surface area contributed by atoms with Crippen LogP contribution in [0.5, 0.6) is 11.6 Å². The molecule has 0 radical (unpaired) electrons. The number of nitrogens with zero attached hydrogens (tertiary/aromatic N) is 1. The van der Waals surface area contributed by atoms with Gasteiger partial charge in [-0.05, 0) is 6.07 Å². The van der Waals surface area contributed by atoms with E-state index in [2.05, 4.69) is 29.8 Å². The van der Waals surface area contributed by atoms with Gasteiger partial charge in [0.15, 0.2) is 16.3 Å². The normalized spacial score (nSPS) is 14.7. The zero-order valence-electron chi connectivity index (χ0n) is 7.87. The zero-order chi connectivity index (χ0) is 9.90. The Hall–Kier alpha value is -0.770. The molecule has 0 N–H and O–H groups in total. The van der Waals surface area contributed by atoms with E-state index >= 15 is 0 Å². The molecule has 0 fully saturated rings. The van der Waals surface area contributed by atoms with Gasteiger partial charge in [0, 0.05) is 6.07 Å². The van der Waals surface area contributed by atoms with Crippen LogP contribution in [0.1, 0.15) is 4.11 Å². The molecule has 0 amide bonds. The fourth-order valence-electron chi connectivity index (χ4n) is 0.473. The molecule has 54 valence electrons. The van der Waals surface area contributed by atoms with E-state index in [0.29, 0.717) is 5.88 Å². The molecule has 1 rings (SSSR count). The largest absolute Gasteiger partial charge is 0.495 e. The number of hydrogen-bond acceptors (Lipinski definition) is 3. The minimum Gasteiger partial charge on any atom is -0.495 e. The van der Waals surface area contributed by atoms with Gasteiger partial charge in [0.1, 0.15) is 5.75 Å². The second kappa shape index (κ2) is 3.41. The lowest BCUT2D eigenvalue weighted by Crippen LogP contribution is -1.84. The molecule has 1 heterocycles. The summed E-state index contributed by atoms with van der Waals surface area (Å²) in [6, 6.07) is 2.94. The lowest BCUT2D eigenvalue weighted by atomic mass is 10.4. The fourth-order valence-corrected chi connectivity index (χ4v) is 0.664. The third-order valence-corrected chi connectivity index (χ3v) is 1.24. The number of rotatable bonds is 2. The number of hydrogen-bond donors (Lipinski definition) is 0. The van der Waals surface area contributed by atoms with Crippen molar-refractivity contribution in [2.75, 3.05) is 7.04 Å². The summed E-state index contributed by atoms with van der Waals surface area (Å²) in [5.74, 6) is 0.506. The van der Waals surface area contributed by atoms with Crippen molar-refractivity contribution in [3.05, 3.63) is 18.3 Å². The van der Waals surface area contributed by atoms with Crippen molar-refractivity contribution in [3.63, 3.8) is 0 Å². The lowest BCUT2D eigenvalue weighted by Gasteiger charge is -1.97. The molecule has 1 aromatic rings. The monoisotopic (exact) mass is 206 g/mol. The van der Waals surface area contributed by atoms with Gasteiger partial charge in [0.05, 0.1) is 17.3 Å². The van der Waals surface area contributed by atoms with Crippen LogP contribution in [-0.4, -0.2) is 12.0 Å². The smallest absolute Gasteiger partial charge is 0.227 e. The van der Waals surface area contributed by atoms with Gasteiger partial charge in [0.25, 0.3) is 0 Å². The van der Waals surface area contributed by atoms with Crippen LogP contribution in [0.3, 0.4) is 0 Å². The highest BCUT2D eigenvalue weighted by Gasteiger charge is 1.92. The quantitative estimate of drug-likeness (QED) is 0.740. The van der Waals surface area contributed by atoms with Crippen molar-refractivity contribution in [3.8, 4) is 11.6 Å². The first-order valence-electron chi connectivity index (χ1n) is 3.95. The summed E-state index contributed by atoms with van der Waals surface area (Å²) < 4.78 is 29.6. The predicted octanol–water partition coefficient (Wildman–Crippen LogP) is 1.78. The van der Waals surface area contributed by atoms with E-state index in [4.69, 9.17) is 4.11 Å². The van der Waals surface area contributed by atoms with Crippen molar-refractivity contribution in [2.24, 2.45) is 0 Å². The number of ether oxygens (including phenoxy) is 1. The zero-order valence-corrected chi connectivity index (χ0v) is 6.46. The van der Waals surface area contributed by atoms with Gasteiger partial charge in [-0.3, -0.25) is 0 Å². The van der Waals surface area contributed by atoms with Crippen molar-refractivity contribution in [1.82, 2.24) is 4.98 Å². The maximum atomic E-state index is 6.81. The summed E-state index contributed by atoms with van der Waals surface area (Å²) in [4.78, 5) is 3.74. The Balaban J connectivity index is 2.70. The summed E-state index contributed by atoms with van der Waals surface area (Å²) in [6.07, 6.45) is 1.27. The van der Waals surface area contributed by atoms with E-state index in [1.807, 2.05) is 0 Å². The first-order valence-corrected chi connectivity index (χ1v) is 3.10. The van der Waals surface area contributed by atoms with E-state index < -0.39 is 7.04 Å². The number of pyridine rings is 1. The van der Waals surface area contributed by atoms with Crippen LogP contribution in [0.25, 0.3) is 0 Å². The van der Waals surface area contributed by atoms with Crippen molar-refractivity contribution in [2.45, 2.75) is 0 Å². The van der Waals surface area contributed by atoms with Crippen LogP contribution in [0.4, 0.5) is 0 Å². The van der Waals surface area contributed by atoms with Crippen LogP contribution in [-0.2, 0) is 0 Å². The highest BCUT2D eigenvalue weighted by Crippen LogP contribution is 2.13. The molecule has 0 unspecified atom stereocenters. The van der Waals surface area contributed by atoms with Gasteiger partial charge < -0.3 is 8.57 Å². The van der Waals surface area contributed by atoms with Gasteiger partial charge in [0.2, 0.25) is 5.88 Å². The Kier molecular flexibility index (Phi) is 1.43. The molecule has 1 aromatic heterocycles. The molecular formula is C6H6BrNO2. The average molecular weight is 207 g/mol. The highest BCUT2D eigenvalue weighted by molar-refractivity contribution is 9.06. The average Bonchev–Trinajstić information content (AvgIpc) is 2.03. The van der Waals surface area contributed by atoms with Gasteiger partial charge in [-0.15, -0.1) is 0 Å². The molecule has 0 aliphatic heterocycles. The summed E-state index contributed by atoms with van der Waals surface area (Å²) >= 11 is 2.73. The Morgan fingerprint density at radius 2 is 2.60 bits per heavy atom. The van der Waals surface area contributed by atoms with E-state index in [-0.39, 0.29) is 5.75 Å². The second-order valence-electron chi connectivity index (χ2n) is 1.51. The molecule has 0 spiro atoms. The fraction of sp³-hybridized carbons (Fsp3) is 0.167. The second-order valence-corrected chi connectivity index (χ2v) is 1.84. The molecule has 0 bridgehead atoms. The third kappa shape index (κ3) is 1.60. The summed E-state index contributed by atoms with van der Waals surface area (Å²) in [5.41, 5.74) is 0. The summed E-state index contributed by atoms with van der Waals surface area (Å²) in [6.45, 7) is 0. The molecule has 4 heteroatoms. The van der Waals surface area contributed by atoms with Gasteiger partial charge in [-0.2, -0.15) is 0 Å². The number of aromatic nitrogens is 1. The van der Waals surface area contributed by atoms with Crippen LogP contribution in [0.2, 0.25) is 0 Å². The molecule has 0 aliphatic rings. The van der Waals surface area contributed by atoms with Crippen molar-refractivity contribution >= 4 is 16.3 Å². The first kappa shape index (κ1) is 4.18. The SMILES string of the molecule is [2H]C([2H])([2H])Oc1ccc(OBr)nc1. The molecule has 0 saturated carbocycles. The van der Waals surface area contributed by atoms with Gasteiger partial charge in [-0.25, -0.2) is 4.98 Å². The number of halogens is 1. The molecule has 0 aromatic carbocycles. The van der Waals surface area contributed by atoms with Crippen molar-refractivity contribution in [1.29, 1.82) is 0 Å². The Bertz CT molecular complexity index is 274. The van der Waals surface area contributed by atoms with E-state index in [0.717, 1.165) is 0 Å². The standard InChI is InChI=1S/C6H6BrNO2/c1-9-5-2-3-6(10-7)8-4-5/h2-4H,1H3/i1D3. The van der Waals surface area contributed by atoms with Gasteiger partial charge in [-0.1, -0.05) is 0 Å². The molecule has 0 aliphatic carbocycles. The maximum Gasteiger partial charge on any atom is 0.227 e. The Labute approximate surface area is 71.7 Å². The molecule has 10 heavy (non-hydrogen) atoms. The van der Waals surface area contributed by atoms with Crippen LogP contribution < -0.4 is 8.57 Å². The van der Waals surface area contributed by atoms with E-state index in [9.17, 15) is 0 Å². The summed E-state index contributed by atoms with van der Waals surface area (Å²) in [7, 11) is -2.45. The molecule has 0 saturated heterocycles. The highest BCUT2D eigenvalue weighted by atomic mass is 79.9. The maximum absolute atomic E-state index is 6.81. The van der Waals surface area contributed by atoms with E-state index in [1.54, 1.807) is 0 Å². The topological polar surface area (TPSA) is 31.4 Å². The lowest BCUT2D eigenvalue weighted by molar-refractivity contribution is 0.412.